The predicted molar refractivity (Wildman–Crippen MR) is 145 cm³/mol. The zero-order chi connectivity index (χ0) is 27.8. The van der Waals surface area contributed by atoms with Gasteiger partial charge >= 0.3 is 12.0 Å². The maximum Gasteiger partial charge on any atom is 0.325 e. The second-order valence-corrected chi connectivity index (χ2v) is 10.0. The fraction of sp³-hybridized carbons (Fsp3) is 0.517. The van der Waals surface area contributed by atoms with Crippen molar-refractivity contribution in [1.29, 1.82) is 0 Å². The van der Waals surface area contributed by atoms with E-state index in [4.69, 9.17) is 14.2 Å². The first-order valence-electron chi connectivity index (χ1n) is 13.6. The lowest BCUT2D eigenvalue weighted by Crippen LogP contribution is -2.46. The van der Waals surface area contributed by atoms with E-state index in [1.807, 2.05) is 36.4 Å². The molecule has 0 bridgehead atoms. The van der Waals surface area contributed by atoms with E-state index in [1.54, 1.807) is 19.1 Å². The molecule has 2 saturated heterocycles. The molecule has 2 heterocycles. The molecule has 10 heteroatoms. The molecule has 0 aromatic heterocycles. The Morgan fingerprint density at radius 3 is 2.62 bits per heavy atom. The molecule has 10 nitrogen and oxygen atoms in total. The molecule has 0 unspecified atom stereocenters. The van der Waals surface area contributed by atoms with Crippen molar-refractivity contribution in [1.82, 2.24) is 10.2 Å². The average molecular weight is 542 g/mol. The van der Waals surface area contributed by atoms with E-state index in [1.165, 1.54) is 0 Å². The molecule has 2 aromatic carbocycles. The molecule has 4 N–H and O–H groups in total. The Bertz CT molecular complexity index is 1100. The number of nitrogens with zero attached hydrogens (tertiary/aromatic N) is 1. The summed E-state index contributed by atoms with van der Waals surface area (Å²) in [5.74, 6) is -0.485. The number of hydrogen-bond donors (Lipinski definition) is 4. The van der Waals surface area contributed by atoms with Crippen LogP contribution in [-0.4, -0.2) is 72.1 Å². The lowest BCUT2D eigenvalue weighted by Gasteiger charge is -2.43. The molecular formula is C29H39N3O7. The predicted octanol–water partition coefficient (Wildman–Crippen LogP) is 3.11. The van der Waals surface area contributed by atoms with Gasteiger partial charge in [-0.3, -0.25) is 9.69 Å². The number of esters is 1. The standard InChI is InChI=1S/C29H39N3O7/c1-3-37-26(35)15-30-29(36)31-23-7-4-6-22(14-23)28-38-25(16-32-13-5-8-24(32)18-34)19(2)27(39-28)21-11-9-20(17-33)10-12-21/h4,6-7,9-12,14,19,24-25,27-28,33-34H,3,5,8,13,15-18H2,1-2H3,(H2,30,31,36)/t19-,24-,25+,27+,28+/m0/s1. The number of urea groups is 1. The molecule has 0 aliphatic carbocycles. The number of likely N-dealkylation sites (tertiary alicyclic amines) is 1. The van der Waals surface area contributed by atoms with E-state index < -0.39 is 18.3 Å². The van der Waals surface area contributed by atoms with Crippen molar-refractivity contribution in [3.05, 3.63) is 65.2 Å². The van der Waals surface area contributed by atoms with Crippen LogP contribution in [0.2, 0.25) is 0 Å². The van der Waals surface area contributed by atoms with Crippen molar-refractivity contribution in [3.63, 3.8) is 0 Å². The molecule has 0 radical (unpaired) electrons. The normalized spacial score (nSPS) is 25.3. The van der Waals surface area contributed by atoms with Crippen LogP contribution >= 0.6 is 0 Å². The van der Waals surface area contributed by atoms with Crippen molar-refractivity contribution in [2.24, 2.45) is 5.92 Å². The van der Waals surface area contributed by atoms with Gasteiger partial charge in [0.1, 0.15) is 6.54 Å². The van der Waals surface area contributed by atoms with E-state index in [-0.39, 0.29) is 50.5 Å². The Kier molecular flexibility index (Phi) is 10.3. The van der Waals surface area contributed by atoms with Gasteiger partial charge in [-0.25, -0.2) is 4.79 Å². The minimum Gasteiger partial charge on any atom is -0.465 e. The van der Waals surface area contributed by atoms with Crippen LogP contribution in [0, 0.1) is 5.92 Å². The Labute approximate surface area is 229 Å². The van der Waals surface area contributed by atoms with Gasteiger partial charge in [-0.2, -0.15) is 0 Å². The summed E-state index contributed by atoms with van der Waals surface area (Å²) in [6.45, 7) is 5.52. The van der Waals surface area contributed by atoms with Crippen molar-refractivity contribution >= 4 is 17.7 Å². The molecule has 39 heavy (non-hydrogen) atoms. The van der Waals surface area contributed by atoms with Gasteiger partial charge in [-0.05, 0) is 49.6 Å². The molecule has 5 atom stereocenters. The maximum absolute atomic E-state index is 12.3. The second-order valence-electron chi connectivity index (χ2n) is 10.0. The highest BCUT2D eigenvalue weighted by molar-refractivity contribution is 5.91. The molecule has 2 aliphatic heterocycles. The van der Waals surface area contributed by atoms with Crippen molar-refractivity contribution < 1.29 is 34.0 Å². The van der Waals surface area contributed by atoms with Crippen molar-refractivity contribution in [3.8, 4) is 0 Å². The van der Waals surface area contributed by atoms with Crippen LogP contribution in [0.15, 0.2) is 48.5 Å². The van der Waals surface area contributed by atoms with Crippen molar-refractivity contribution in [2.45, 2.75) is 57.8 Å². The molecule has 2 aliphatic rings. The van der Waals surface area contributed by atoms with Crippen LogP contribution < -0.4 is 10.6 Å². The number of carbonyl (C=O) groups excluding carboxylic acids is 2. The number of aliphatic hydroxyl groups is 2. The van der Waals surface area contributed by atoms with Crippen LogP contribution in [0.5, 0.6) is 0 Å². The van der Waals surface area contributed by atoms with Gasteiger partial charge in [-0.15, -0.1) is 0 Å². The lowest BCUT2D eigenvalue weighted by atomic mass is 9.90. The third kappa shape index (κ3) is 7.55. The number of aliphatic hydroxyl groups excluding tert-OH is 2. The number of anilines is 1. The third-order valence-electron chi connectivity index (χ3n) is 7.36. The van der Waals surface area contributed by atoms with Crippen LogP contribution in [0.3, 0.4) is 0 Å². The summed E-state index contributed by atoms with van der Waals surface area (Å²) in [4.78, 5) is 26.1. The number of hydrogen-bond acceptors (Lipinski definition) is 8. The van der Waals surface area contributed by atoms with E-state index in [9.17, 15) is 19.8 Å². The first kappa shape index (κ1) is 29.0. The molecular weight excluding hydrogens is 502 g/mol. The summed E-state index contributed by atoms with van der Waals surface area (Å²) in [7, 11) is 0. The molecule has 4 rings (SSSR count). The number of nitrogens with one attached hydrogen (secondary N) is 2. The summed E-state index contributed by atoms with van der Waals surface area (Å²) >= 11 is 0. The Hall–Kier alpha value is -3.02. The highest BCUT2D eigenvalue weighted by atomic mass is 16.7. The summed E-state index contributed by atoms with van der Waals surface area (Å²) in [5.41, 5.74) is 3.09. The summed E-state index contributed by atoms with van der Waals surface area (Å²) < 4.78 is 17.9. The van der Waals surface area contributed by atoms with Crippen LogP contribution in [0.1, 0.15) is 55.8 Å². The maximum atomic E-state index is 12.3. The van der Waals surface area contributed by atoms with Gasteiger partial charge in [0.25, 0.3) is 0 Å². The molecule has 2 fully saturated rings. The molecule has 2 aromatic rings. The minimum atomic E-state index is -0.687. The number of carbonyl (C=O) groups is 2. The zero-order valence-electron chi connectivity index (χ0n) is 22.5. The Balaban J connectivity index is 1.52. The van der Waals surface area contributed by atoms with E-state index >= 15 is 0 Å². The van der Waals surface area contributed by atoms with Gasteiger partial charge < -0.3 is 35.1 Å². The Morgan fingerprint density at radius 1 is 1.10 bits per heavy atom. The van der Waals surface area contributed by atoms with Gasteiger partial charge in [0.05, 0.1) is 32.0 Å². The number of ether oxygens (including phenoxy) is 3. The van der Waals surface area contributed by atoms with Crippen molar-refractivity contribution in [2.75, 3.05) is 38.2 Å². The number of rotatable bonds is 10. The molecule has 212 valence electrons. The van der Waals surface area contributed by atoms with Gasteiger partial charge in [0, 0.05) is 29.8 Å². The minimum absolute atomic E-state index is 0.0242. The SMILES string of the molecule is CCOC(=O)CNC(=O)Nc1cccc([C@@H]2O[C@H](CN3CCC[C@H]3CO)[C@H](C)[C@H](c3ccc(CO)cc3)O2)c1. The fourth-order valence-electron chi connectivity index (χ4n) is 5.20. The van der Waals surface area contributed by atoms with E-state index in [0.717, 1.165) is 36.1 Å². The monoisotopic (exact) mass is 541 g/mol. The third-order valence-corrected chi connectivity index (χ3v) is 7.36. The smallest absolute Gasteiger partial charge is 0.325 e. The first-order chi connectivity index (χ1) is 18.9. The zero-order valence-corrected chi connectivity index (χ0v) is 22.5. The van der Waals surface area contributed by atoms with Gasteiger partial charge in [0.15, 0.2) is 6.29 Å². The highest BCUT2D eigenvalue weighted by Gasteiger charge is 2.40. The Morgan fingerprint density at radius 2 is 1.90 bits per heavy atom. The largest absolute Gasteiger partial charge is 0.465 e. The highest BCUT2D eigenvalue weighted by Crippen LogP contribution is 2.42. The summed E-state index contributed by atoms with van der Waals surface area (Å²) in [6, 6.07) is 14.6. The number of amides is 2. The summed E-state index contributed by atoms with van der Waals surface area (Å²) in [5, 5.41) is 24.5. The van der Waals surface area contributed by atoms with Crippen LogP contribution in [0.4, 0.5) is 10.5 Å². The molecule has 0 saturated carbocycles. The van der Waals surface area contributed by atoms with Crippen LogP contribution in [0.25, 0.3) is 0 Å². The summed E-state index contributed by atoms with van der Waals surface area (Å²) in [6.07, 6.45) is 0.900. The molecule has 0 spiro atoms. The lowest BCUT2D eigenvalue weighted by molar-refractivity contribution is -0.276. The van der Waals surface area contributed by atoms with Crippen LogP contribution in [-0.2, 0) is 25.6 Å². The topological polar surface area (TPSA) is 130 Å². The average Bonchev–Trinajstić information content (AvgIpc) is 3.40. The fourth-order valence-corrected chi connectivity index (χ4v) is 5.20. The second kappa shape index (κ2) is 13.9. The quantitative estimate of drug-likeness (QED) is 0.338. The first-order valence-corrected chi connectivity index (χ1v) is 13.6. The number of benzene rings is 2. The van der Waals surface area contributed by atoms with Gasteiger partial charge in [0.2, 0.25) is 0 Å². The molecule has 2 amide bonds. The van der Waals surface area contributed by atoms with E-state index in [0.29, 0.717) is 12.2 Å². The van der Waals surface area contributed by atoms with E-state index in [2.05, 4.69) is 22.5 Å². The van der Waals surface area contributed by atoms with Gasteiger partial charge in [-0.1, -0.05) is 43.3 Å².